The first-order valence-electron chi connectivity index (χ1n) is 9.46. The number of amides is 1. The minimum Gasteiger partial charge on any atom is -0.442 e. The molecule has 7 heteroatoms. The van der Waals surface area contributed by atoms with E-state index in [1.54, 1.807) is 12.1 Å². The molecule has 2 aliphatic rings. The van der Waals surface area contributed by atoms with Gasteiger partial charge in [-0.05, 0) is 38.0 Å². The summed E-state index contributed by atoms with van der Waals surface area (Å²) in [4.78, 5) is 16.4. The summed E-state index contributed by atoms with van der Waals surface area (Å²) in [6.07, 6.45) is 4.37. The molecule has 27 heavy (non-hydrogen) atoms. The fourth-order valence-corrected chi connectivity index (χ4v) is 3.87. The molecular formula is C20H25FN4O2. The van der Waals surface area contributed by atoms with Crippen molar-refractivity contribution in [2.24, 2.45) is 0 Å². The van der Waals surface area contributed by atoms with Gasteiger partial charge in [-0.2, -0.15) is 5.10 Å². The van der Waals surface area contributed by atoms with Crippen LogP contribution in [-0.4, -0.2) is 57.5 Å². The van der Waals surface area contributed by atoms with E-state index >= 15 is 0 Å². The van der Waals surface area contributed by atoms with Gasteiger partial charge in [0, 0.05) is 44.0 Å². The van der Waals surface area contributed by atoms with Crippen LogP contribution in [0.5, 0.6) is 0 Å². The van der Waals surface area contributed by atoms with Crippen LogP contribution in [0.4, 0.5) is 9.18 Å². The zero-order valence-electron chi connectivity index (χ0n) is 15.7. The summed E-state index contributed by atoms with van der Waals surface area (Å²) >= 11 is 0. The zero-order chi connectivity index (χ0) is 19.0. The van der Waals surface area contributed by atoms with E-state index in [9.17, 15) is 9.18 Å². The van der Waals surface area contributed by atoms with E-state index in [1.165, 1.54) is 17.7 Å². The van der Waals surface area contributed by atoms with Crippen LogP contribution in [0.25, 0.3) is 0 Å². The number of nitrogens with zero attached hydrogens (tertiary/aromatic N) is 4. The van der Waals surface area contributed by atoms with Crippen LogP contribution < -0.4 is 0 Å². The lowest BCUT2D eigenvalue weighted by molar-refractivity contribution is 0.120. The van der Waals surface area contributed by atoms with Crippen molar-refractivity contribution in [3.8, 4) is 0 Å². The topological polar surface area (TPSA) is 50.6 Å². The molecule has 0 spiro atoms. The number of likely N-dealkylation sites (tertiary alicyclic amines) is 1. The average molecular weight is 372 g/mol. The number of benzene rings is 1. The Morgan fingerprint density at radius 3 is 2.70 bits per heavy atom. The number of carbonyl (C=O) groups excluding carboxylic acids is 1. The van der Waals surface area contributed by atoms with Gasteiger partial charge in [-0.25, -0.2) is 9.18 Å². The normalized spacial score (nSPS) is 22.5. The lowest BCUT2D eigenvalue weighted by Gasteiger charge is -2.22. The van der Waals surface area contributed by atoms with Crippen LogP contribution in [-0.2, 0) is 17.7 Å². The maximum absolute atomic E-state index is 13.0. The molecule has 6 nitrogen and oxygen atoms in total. The number of fused-ring (bicyclic) bond motifs is 1. The molecule has 2 saturated heterocycles. The molecule has 2 atom stereocenters. The zero-order valence-corrected chi connectivity index (χ0v) is 15.7. The van der Waals surface area contributed by atoms with Gasteiger partial charge in [0.25, 0.3) is 0 Å². The number of hydrogen-bond acceptors (Lipinski definition) is 4. The summed E-state index contributed by atoms with van der Waals surface area (Å²) in [7, 11) is 0. The summed E-state index contributed by atoms with van der Waals surface area (Å²) in [6.45, 7) is 7.15. The molecule has 3 heterocycles. The molecule has 4 rings (SSSR count). The first-order valence-corrected chi connectivity index (χ1v) is 9.46. The Hall–Kier alpha value is -2.41. The Labute approximate surface area is 158 Å². The molecular weight excluding hydrogens is 347 g/mol. The van der Waals surface area contributed by atoms with Gasteiger partial charge in [0.15, 0.2) is 0 Å². The van der Waals surface area contributed by atoms with Gasteiger partial charge < -0.3 is 4.74 Å². The third-order valence-corrected chi connectivity index (χ3v) is 5.34. The second-order valence-corrected chi connectivity index (χ2v) is 7.68. The minimum atomic E-state index is -0.244. The molecule has 0 radical (unpaired) electrons. The summed E-state index contributed by atoms with van der Waals surface area (Å²) in [5, 5.41) is 4.39. The Morgan fingerprint density at radius 1 is 1.22 bits per heavy atom. The van der Waals surface area contributed by atoms with Gasteiger partial charge in [0.05, 0.1) is 12.2 Å². The highest BCUT2D eigenvalue weighted by atomic mass is 19.1. The fraction of sp³-hybridized carbons (Fsp3) is 0.500. The highest BCUT2D eigenvalue weighted by Crippen LogP contribution is 2.28. The molecule has 1 aromatic heterocycles. The van der Waals surface area contributed by atoms with E-state index in [2.05, 4.69) is 30.0 Å². The lowest BCUT2D eigenvalue weighted by Crippen LogP contribution is -2.39. The molecule has 1 amide bonds. The van der Waals surface area contributed by atoms with Gasteiger partial charge in [-0.3, -0.25) is 14.5 Å². The van der Waals surface area contributed by atoms with E-state index in [4.69, 9.17) is 4.74 Å². The Kier molecular flexibility index (Phi) is 4.86. The van der Waals surface area contributed by atoms with Crippen LogP contribution in [0.1, 0.15) is 31.0 Å². The number of ether oxygens (including phenoxy) is 1. The third kappa shape index (κ3) is 3.83. The molecule has 2 fully saturated rings. The molecule has 0 saturated carbocycles. The predicted octanol–water partition coefficient (Wildman–Crippen LogP) is 2.85. The van der Waals surface area contributed by atoms with Crippen molar-refractivity contribution in [1.82, 2.24) is 19.6 Å². The summed E-state index contributed by atoms with van der Waals surface area (Å²) in [5.74, 6) is -0.244. The molecule has 0 aliphatic carbocycles. The molecule has 144 valence electrons. The fourth-order valence-electron chi connectivity index (χ4n) is 3.87. The number of rotatable bonds is 6. The Morgan fingerprint density at radius 2 is 2.00 bits per heavy atom. The van der Waals surface area contributed by atoms with E-state index in [-0.39, 0.29) is 24.1 Å². The SMILES string of the molecule is CC(C)n1cc(CN2C[C@H]3OC(=O)N(CCc4ccc(F)cc4)[C@H]3C2)cn1. The monoisotopic (exact) mass is 372 g/mol. The van der Waals surface area contributed by atoms with Crippen LogP contribution in [0.15, 0.2) is 36.7 Å². The van der Waals surface area contributed by atoms with Gasteiger partial charge >= 0.3 is 6.09 Å². The molecule has 1 aromatic carbocycles. The maximum Gasteiger partial charge on any atom is 0.410 e. The third-order valence-electron chi connectivity index (χ3n) is 5.34. The largest absolute Gasteiger partial charge is 0.442 e. The first kappa shape index (κ1) is 18.0. The summed E-state index contributed by atoms with van der Waals surface area (Å²) in [6, 6.07) is 6.87. The van der Waals surface area contributed by atoms with Crippen molar-refractivity contribution in [2.75, 3.05) is 19.6 Å². The number of carbonyl (C=O) groups is 1. The first-order chi connectivity index (χ1) is 13.0. The smallest absolute Gasteiger partial charge is 0.410 e. The predicted molar refractivity (Wildman–Crippen MR) is 98.8 cm³/mol. The van der Waals surface area contributed by atoms with Crippen LogP contribution in [0.2, 0.25) is 0 Å². The van der Waals surface area contributed by atoms with E-state index in [1.807, 2.05) is 15.8 Å². The van der Waals surface area contributed by atoms with Crippen molar-refractivity contribution in [2.45, 2.75) is 45.0 Å². The highest BCUT2D eigenvalue weighted by molar-refractivity contribution is 5.71. The highest BCUT2D eigenvalue weighted by Gasteiger charge is 2.47. The molecule has 0 bridgehead atoms. The van der Waals surface area contributed by atoms with Crippen molar-refractivity contribution in [3.63, 3.8) is 0 Å². The van der Waals surface area contributed by atoms with E-state index in [0.29, 0.717) is 19.0 Å². The Balaban J connectivity index is 1.35. The second-order valence-electron chi connectivity index (χ2n) is 7.68. The standard InChI is InChI=1S/C20H25FN4O2/c1-14(2)25-11-16(9-22-25)10-23-12-18-19(13-23)27-20(26)24(18)8-7-15-3-5-17(21)6-4-15/h3-6,9,11,14,18-19H,7-8,10,12-13H2,1-2H3/t18-,19+/m0/s1. The van der Waals surface area contributed by atoms with Gasteiger partial charge in [0.2, 0.25) is 0 Å². The Bertz CT molecular complexity index is 805. The summed E-state index contributed by atoms with van der Waals surface area (Å²) in [5.41, 5.74) is 2.19. The maximum atomic E-state index is 13.0. The van der Waals surface area contributed by atoms with Crippen LogP contribution in [0.3, 0.4) is 0 Å². The minimum absolute atomic E-state index is 0.0779. The van der Waals surface area contributed by atoms with E-state index < -0.39 is 0 Å². The lowest BCUT2D eigenvalue weighted by atomic mass is 10.1. The van der Waals surface area contributed by atoms with Crippen molar-refractivity contribution >= 4 is 6.09 Å². The second kappa shape index (κ2) is 7.31. The van der Waals surface area contributed by atoms with Gasteiger partial charge in [0.1, 0.15) is 11.9 Å². The number of hydrogen-bond donors (Lipinski definition) is 0. The molecule has 2 aliphatic heterocycles. The van der Waals surface area contributed by atoms with Crippen LogP contribution in [0, 0.1) is 5.82 Å². The van der Waals surface area contributed by atoms with Gasteiger partial charge in [-0.1, -0.05) is 12.1 Å². The molecule has 0 unspecified atom stereocenters. The summed E-state index contributed by atoms with van der Waals surface area (Å²) < 4.78 is 20.6. The number of halogens is 1. The van der Waals surface area contributed by atoms with Crippen molar-refractivity contribution < 1.29 is 13.9 Å². The average Bonchev–Trinajstić information content (AvgIpc) is 3.30. The van der Waals surface area contributed by atoms with Crippen LogP contribution >= 0.6 is 0 Å². The molecule has 0 N–H and O–H groups in total. The van der Waals surface area contributed by atoms with E-state index in [0.717, 1.165) is 25.2 Å². The molecule has 2 aromatic rings. The quantitative estimate of drug-likeness (QED) is 0.782. The van der Waals surface area contributed by atoms with Gasteiger partial charge in [-0.15, -0.1) is 0 Å². The van der Waals surface area contributed by atoms with Crippen molar-refractivity contribution in [1.29, 1.82) is 0 Å². The number of aromatic nitrogens is 2. The van der Waals surface area contributed by atoms with Crippen molar-refractivity contribution in [3.05, 3.63) is 53.6 Å².